The summed E-state index contributed by atoms with van der Waals surface area (Å²) in [5.41, 5.74) is -0.837. The highest BCUT2D eigenvalue weighted by Gasteiger charge is 2.20. The van der Waals surface area contributed by atoms with E-state index in [-0.39, 0.29) is 10.6 Å². The zero-order valence-corrected chi connectivity index (χ0v) is 14.4. The van der Waals surface area contributed by atoms with Crippen LogP contribution in [0.1, 0.15) is 18.9 Å². The Labute approximate surface area is 142 Å². The van der Waals surface area contributed by atoms with Gasteiger partial charge in [0.1, 0.15) is 16.4 Å². The highest BCUT2D eigenvalue weighted by Crippen LogP contribution is 2.23. The van der Waals surface area contributed by atoms with Crippen LogP contribution in [0.15, 0.2) is 38.8 Å². The Hall–Kier alpha value is -2.35. The van der Waals surface area contributed by atoms with Gasteiger partial charge >= 0.3 is 5.69 Å². The van der Waals surface area contributed by atoms with E-state index in [4.69, 9.17) is 0 Å². The van der Waals surface area contributed by atoms with Crippen molar-refractivity contribution in [1.29, 1.82) is 0 Å². The zero-order valence-electron chi connectivity index (χ0n) is 13.6. The second-order valence-electron chi connectivity index (χ2n) is 5.15. The number of aromatic nitrogens is 2. The van der Waals surface area contributed by atoms with Gasteiger partial charge in [-0.3, -0.25) is 13.9 Å². The van der Waals surface area contributed by atoms with Crippen LogP contribution in [-0.2, 0) is 14.1 Å². The Bertz CT molecular complexity index is 885. The Morgan fingerprint density at radius 3 is 2.42 bits per heavy atom. The van der Waals surface area contributed by atoms with Crippen molar-refractivity contribution in [3.63, 3.8) is 0 Å². The largest absolute Gasteiger partial charge is 0.494 e. The Morgan fingerprint density at radius 1 is 1.21 bits per heavy atom. The fourth-order valence-electron chi connectivity index (χ4n) is 2.01. The molecular weight excluding hydrogens is 333 g/mol. The van der Waals surface area contributed by atoms with Crippen LogP contribution >= 0.6 is 11.8 Å². The number of aliphatic imine (C=N–C) groups is 1. The predicted molar refractivity (Wildman–Crippen MR) is 93.9 cm³/mol. The lowest BCUT2D eigenvalue weighted by Crippen LogP contribution is -2.39. The second-order valence-corrected chi connectivity index (χ2v) is 6.23. The zero-order chi connectivity index (χ0) is 17.9. The van der Waals surface area contributed by atoms with Gasteiger partial charge in [-0.15, -0.1) is 11.8 Å². The van der Waals surface area contributed by atoms with Crippen LogP contribution in [0.4, 0.5) is 10.1 Å². The van der Waals surface area contributed by atoms with E-state index in [1.54, 1.807) is 0 Å². The van der Waals surface area contributed by atoms with E-state index in [1.807, 2.05) is 6.92 Å². The minimum Gasteiger partial charge on any atom is -0.494 e. The van der Waals surface area contributed by atoms with Crippen LogP contribution < -0.4 is 11.2 Å². The number of hydrogen-bond donors (Lipinski definition) is 1. The van der Waals surface area contributed by atoms with E-state index in [1.165, 1.54) is 50.1 Å². The van der Waals surface area contributed by atoms with Gasteiger partial charge in [0.25, 0.3) is 5.56 Å². The van der Waals surface area contributed by atoms with E-state index < -0.39 is 22.9 Å². The maximum absolute atomic E-state index is 13.0. The molecule has 0 unspecified atom stereocenters. The lowest BCUT2D eigenvalue weighted by Gasteiger charge is -2.12. The highest BCUT2D eigenvalue weighted by molar-refractivity contribution is 8.14. The molecule has 0 fully saturated rings. The molecule has 2 rings (SSSR count). The molecule has 1 aromatic carbocycles. The fourth-order valence-corrected chi connectivity index (χ4v) is 2.90. The first kappa shape index (κ1) is 18.0. The minimum atomic E-state index is -0.625. The molecule has 0 atom stereocenters. The Morgan fingerprint density at radius 2 is 1.83 bits per heavy atom. The first-order chi connectivity index (χ1) is 11.4. The van der Waals surface area contributed by atoms with Crippen molar-refractivity contribution in [3.8, 4) is 5.88 Å². The van der Waals surface area contributed by atoms with Crippen LogP contribution in [-0.4, -0.2) is 25.0 Å². The summed E-state index contributed by atoms with van der Waals surface area (Å²) in [6.07, 6.45) is 0.833. The lowest BCUT2D eigenvalue weighted by molar-refractivity contribution is 0.410. The molecule has 2 aromatic rings. The molecule has 0 amide bonds. The van der Waals surface area contributed by atoms with E-state index in [9.17, 15) is 19.1 Å². The van der Waals surface area contributed by atoms with Crippen molar-refractivity contribution in [2.24, 2.45) is 19.1 Å². The molecule has 0 aliphatic carbocycles. The molecule has 0 aliphatic heterocycles. The van der Waals surface area contributed by atoms with Crippen LogP contribution in [0.25, 0.3) is 0 Å². The average molecular weight is 351 g/mol. The van der Waals surface area contributed by atoms with Crippen LogP contribution in [0.5, 0.6) is 5.88 Å². The summed E-state index contributed by atoms with van der Waals surface area (Å²) < 4.78 is 15.0. The molecule has 0 saturated heterocycles. The number of aromatic hydroxyl groups is 1. The van der Waals surface area contributed by atoms with Crippen molar-refractivity contribution in [2.75, 3.05) is 5.75 Å². The van der Waals surface area contributed by atoms with Gasteiger partial charge in [-0.05, 0) is 36.4 Å². The number of rotatable bonds is 4. The maximum atomic E-state index is 13.0. The summed E-state index contributed by atoms with van der Waals surface area (Å²) in [4.78, 5) is 28.7. The average Bonchev–Trinajstić information content (AvgIpc) is 2.58. The molecule has 0 bridgehead atoms. The third kappa shape index (κ3) is 3.59. The SMILES string of the molecule is CCCSC(=Nc1ccc(F)cc1)c1c(O)n(C)c(=O)n(C)c1=O. The maximum Gasteiger partial charge on any atom is 0.333 e. The normalized spacial score (nSPS) is 11.8. The van der Waals surface area contributed by atoms with Crippen LogP contribution in [0, 0.1) is 5.82 Å². The van der Waals surface area contributed by atoms with Gasteiger partial charge in [-0.2, -0.15) is 0 Å². The van der Waals surface area contributed by atoms with Gasteiger partial charge in [0, 0.05) is 14.1 Å². The third-order valence-electron chi connectivity index (χ3n) is 3.35. The van der Waals surface area contributed by atoms with Gasteiger partial charge in [0.05, 0.1) is 5.69 Å². The molecule has 6 nitrogen and oxygen atoms in total. The van der Waals surface area contributed by atoms with Crippen molar-refractivity contribution in [1.82, 2.24) is 9.13 Å². The number of benzene rings is 1. The topological polar surface area (TPSA) is 76.6 Å². The van der Waals surface area contributed by atoms with Gasteiger partial charge in [-0.25, -0.2) is 14.2 Å². The molecule has 0 radical (unpaired) electrons. The molecule has 24 heavy (non-hydrogen) atoms. The van der Waals surface area contributed by atoms with Crippen molar-refractivity contribution < 1.29 is 9.50 Å². The van der Waals surface area contributed by atoms with Gasteiger partial charge in [-0.1, -0.05) is 6.92 Å². The third-order valence-corrected chi connectivity index (χ3v) is 4.53. The number of nitrogens with zero attached hydrogens (tertiary/aromatic N) is 3. The summed E-state index contributed by atoms with van der Waals surface area (Å²) in [7, 11) is 2.72. The van der Waals surface area contributed by atoms with E-state index in [0.717, 1.165) is 15.6 Å². The minimum absolute atomic E-state index is 0.0395. The summed E-state index contributed by atoms with van der Waals surface area (Å²) in [6, 6.07) is 5.48. The van der Waals surface area contributed by atoms with E-state index in [2.05, 4.69) is 4.99 Å². The molecule has 8 heteroatoms. The van der Waals surface area contributed by atoms with Gasteiger partial charge in [0.15, 0.2) is 0 Å². The summed E-state index contributed by atoms with van der Waals surface area (Å²) >= 11 is 1.29. The summed E-state index contributed by atoms with van der Waals surface area (Å²) in [6.45, 7) is 1.97. The van der Waals surface area contributed by atoms with E-state index in [0.29, 0.717) is 11.4 Å². The number of thioether (sulfide) groups is 1. The molecule has 128 valence electrons. The van der Waals surface area contributed by atoms with E-state index >= 15 is 0 Å². The standard InChI is InChI=1S/C16H18FN3O3S/c1-4-9-24-13(18-11-7-5-10(17)6-8-11)12-14(21)19(2)16(23)20(3)15(12)22/h5-8,21H,4,9H2,1-3H3. The lowest BCUT2D eigenvalue weighted by atomic mass is 10.3. The molecular formula is C16H18FN3O3S. The molecule has 1 heterocycles. The Kier molecular flexibility index (Phi) is 5.61. The molecule has 0 saturated carbocycles. The first-order valence-corrected chi connectivity index (χ1v) is 8.31. The Balaban J connectivity index is 2.67. The molecule has 0 spiro atoms. The van der Waals surface area contributed by atoms with Crippen molar-refractivity contribution in [2.45, 2.75) is 13.3 Å². The summed E-state index contributed by atoms with van der Waals surface area (Å²) in [5, 5.41) is 10.6. The monoisotopic (exact) mass is 351 g/mol. The quantitative estimate of drug-likeness (QED) is 0.676. The second kappa shape index (κ2) is 7.48. The summed E-state index contributed by atoms with van der Waals surface area (Å²) in [5.74, 6) is -0.156. The smallest absolute Gasteiger partial charge is 0.333 e. The van der Waals surface area contributed by atoms with Crippen LogP contribution in [0.3, 0.4) is 0 Å². The number of halogens is 1. The predicted octanol–water partition coefficient (Wildman–Crippen LogP) is 2.15. The fraction of sp³-hybridized carbons (Fsp3) is 0.312. The molecule has 1 aromatic heterocycles. The van der Waals surface area contributed by atoms with Gasteiger partial charge in [0.2, 0.25) is 5.88 Å². The van der Waals surface area contributed by atoms with Crippen LogP contribution in [0.2, 0.25) is 0 Å². The molecule has 0 aliphatic rings. The van der Waals surface area contributed by atoms with Crippen molar-refractivity contribution in [3.05, 3.63) is 56.5 Å². The first-order valence-electron chi connectivity index (χ1n) is 7.33. The molecule has 1 N–H and O–H groups in total. The van der Waals surface area contributed by atoms with Gasteiger partial charge < -0.3 is 5.11 Å². The highest BCUT2D eigenvalue weighted by atomic mass is 32.2. The number of hydrogen-bond acceptors (Lipinski definition) is 5. The van der Waals surface area contributed by atoms with Crippen molar-refractivity contribution >= 4 is 22.5 Å².